The molecule has 0 saturated carbocycles. The molecule has 132 valence electrons. The Kier molecular flexibility index (Phi) is 4.69. The van der Waals surface area contributed by atoms with Crippen LogP contribution >= 0.6 is 11.6 Å². The number of fused-ring (bicyclic) bond motifs is 1. The molecule has 5 heteroatoms. The average Bonchev–Trinajstić information content (AvgIpc) is 3.15. The van der Waals surface area contributed by atoms with Crippen molar-refractivity contribution in [3.8, 4) is 0 Å². The smallest absolute Gasteiger partial charge is 0.0681 e. The number of nitrogens with zero attached hydrogens (tertiary/aromatic N) is 1. The second-order valence-corrected chi connectivity index (χ2v) is 6.79. The molecule has 1 aromatic heterocycles. The van der Waals surface area contributed by atoms with Crippen LogP contribution in [0.15, 0.2) is 67.0 Å². The van der Waals surface area contributed by atoms with Gasteiger partial charge >= 0.3 is 0 Å². The van der Waals surface area contributed by atoms with Crippen molar-refractivity contribution in [1.29, 1.82) is 0 Å². The van der Waals surface area contributed by atoms with Gasteiger partial charge in [-0.2, -0.15) is 0 Å². The van der Waals surface area contributed by atoms with Crippen LogP contribution in [0, 0.1) is 0 Å². The predicted octanol–water partition coefficient (Wildman–Crippen LogP) is 4.27. The summed E-state index contributed by atoms with van der Waals surface area (Å²) in [4.78, 5) is 5.53. The third-order valence-corrected chi connectivity index (χ3v) is 4.79. The second kappa shape index (κ2) is 7.28. The number of aromatic nitrogens is 1. The first-order chi connectivity index (χ1) is 12.7. The molecule has 4 rings (SSSR count). The molecule has 0 atom stereocenters. The van der Waals surface area contributed by atoms with Gasteiger partial charge in [0.15, 0.2) is 0 Å². The van der Waals surface area contributed by atoms with Gasteiger partial charge in [-0.3, -0.25) is 0 Å². The van der Waals surface area contributed by atoms with E-state index in [0.717, 1.165) is 34.1 Å². The monoisotopic (exact) mass is 365 g/mol. The fraction of sp³-hybridized carbons (Fsp3) is 0.143. The normalized spacial score (nSPS) is 13.3. The molecule has 26 heavy (non-hydrogen) atoms. The summed E-state index contributed by atoms with van der Waals surface area (Å²) in [6, 6.07) is 17.9. The number of nitrogens with one attached hydrogen (secondary N) is 2. The molecule has 1 aliphatic heterocycles. The molecule has 0 fully saturated rings. The number of benzene rings is 2. The lowest BCUT2D eigenvalue weighted by Gasteiger charge is -2.28. The number of aliphatic hydroxyl groups excluding tert-OH is 1. The van der Waals surface area contributed by atoms with Crippen molar-refractivity contribution >= 4 is 23.0 Å². The summed E-state index contributed by atoms with van der Waals surface area (Å²) < 4.78 is 0. The van der Waals surface area contributed by atoms with Crippen molar-refractivity contribution in [2.24, 2.45) is 0 Å². The molecule has 1 aliphatic rings. The number of aromatic amines is 1. The fourth-order valence-electron chi connectivity index (χ4n) is 3.17. The standard InChI is InChI=1S/C21H20ClN3O/c22-17-3-1-2-16(10-17)11-24-21-13-25(12-20-19(21)8-9-23-20)18-6-4-15(14-26)5-7-18/h1-10,13,23-24,26H,11-12,14H2. The summed E-state index contributed by atoms with van der Waals surface area (Å²) >= 11 is 6.08. The largest absolute Gasteiger partial charge is 0.392 e. The van der Waals surface area contributed by atoms with Crippen LogP contribution < -0.4 is 10.2 Å². The topological polar surface area (TPSA) is 51.3 Å². The maximum Gasteiger partial charge on any atom is 0.0681 e. The summed E-state index contributed by atoms with van der Waals surface area (Å²) in [5, 5.41) is 13.5. The predicted molar refractivity (Wildman–Crippen MR) is 106 cm³/mol. The molecule has 0 saturated heterocycles. The SMILES string of the molecule is OCc1ccc(N2C=C(NCc3cccc(Cl)c3)c3cc[nH]c3C2)cc1. The molecule has 0 aliphatic carbocycles. The highest BCUT2D eigenvalue weighted by Crippen LogP contribution is 2.28. The van der Waals surface area contributed by atoms with E-state index in [1.165, 1.54) is 11.3 Å². The van der Waals surface area contributed by atoms with Gasteiger partial charge in [-0.25, -0.2) is 0 Å². The molecule has 2 aromatic carbocycles. The van der Waals surface area contributed by atoms with Gasteiger partial charge in [0.1, 0.15) is 0 Å². The number of halogens is 1. The van der Waals surface area contributed by atoms with Crippen LogP contribution in [0.1, 0.15) is 22.4 Å². The molecule has 3 N–H and O–H groups in total. The molecule has 0 bridgehead atoms. The van der Waals surface area contributed by atoms with Crippen LogP contribution in [0.3, 0.4) is 0 Å². The Morgan fingerprint density at radius 2 is 1.92 bits per heavy atom. The average molecular weight is 366 g/mol. The van der Waals surface area contributed by atoms with Crippen LogP contribution in [-0.4, -0.2) is 10.1 Å². The maximum atomic E-state index is 9.23. The van der Waals surface area contributed by atoms with Gasteiger partial charge in [-0.1, -0.05) is 35.9 Å². The van der Waals surface area contributed by atoms with Gasteiger partial charge in [-0.15, -0.1) is 0 Å². The molecule has 0 radical (unpaired) electrons. The highest BCUT2D eigenvalue weighted by atomic mass is 35.5. The lowest BCUT2D eigenvalue weighted by atomic mass is 10.1. The summed E-state index contributed by atoms with van der Waals surface area (Å²) in [5.74, 6) is 0. The molecule has 2 heterocycles. The van der Waals surface area contributed by atoms with Gasteiger partial charge in [0.2, 0.25) is 0 Å². The van der Waals surface area contributed by atoms with Crippen molar-refractivity contribution in [2.75, 3.05) is 4.90 Å². The number of hydrogen-bond donors (Lipinski definition) is 3. The lowest BCUT2D eigenvalue weighted by Crippen LogP contribution is -2.25. The molecular formula is C21H20ClN3O. The van der Waals surface area contributed by atoms with Crippen LogP contribution in [0.5, 0.6) is 0 Å². The zero-order valence-corrected chi connectivity index (χ0v) is 15.0. The molecule has 4 nitrogen and oxygen atoms in total. The second-order valence-electron chi connectivity index (χ2n) is 6.35. The Bertz CT molecular complexity index is 930. The van der Waals surface area contributed by atoms with Crippen molar-refractivity contribution in [3.63, 3.8) is 0 Å². The molecule has 3 aromatic rings. The Morgan fingerprint density at radius 3 is 2.69 bits per heavy atom. The molecule has 0 amide bonds. The Hall–Kier alpha value is -2.69. The van der Waals surface area contributed by atoms with E-state index >= 15 is 0 Å². The van der Waals surface area contributed by atoms with E-state index in [0.29, 0.717) is 6.54 Å². The quantitative estimate of drug-likeness (QED) is 0.633. The van der Waals surface area contributed by atoms with Crippen LogP contribution in [0.4, 0.5) is 5.69 Å². The first kappa shape index (κ1) is 16.8. The van der Waals surface area contributed by atoms with E-state index in [4.69, 9.17) is 11.6 Å². The van der Waals surface area contributed by atoms with E-state index in [1.807, 2.05) is 48.7 Å². The zero-order valence-electron chi connectivity index (χ0n) is 14.2. The van der Waals surface area contributed by atoms with Gasteiger partial charge < -0.3 is 20.3 Å². The number of hydrogen-bond acceptors (Lipinski definition) is 3. The minimum Gasteiger partial charge on any atom is -0.392 e. The highest BCUT2D eigenvalue weighted by molar-refractivity contribution is 6.30. The zero-order chi connectivity index (χ0) is 17.9. The Labute approximate surface area is 157 Å². The number of anilines is 1. The summed E-state index contributed by atoms with van der Waals surface area (Å²) in [7, 11) is 0. The summed E-state index contributed by atoms with van der Waals surface area (Å²) in [6.45, 7) is 1.54. The van der Waals surface area contributed by atoms with E-state index < -0.39 is 0 Å². The van der Waals surface area contributed by atoms with Crippen LogP contribution in [0.2, 0.25) is 5.02 Å². The summed E-state index contributed by atoms with van der Waals surface area (Å²) in [6.07, 6.45) is 4.10. The van der Waals surface area contributed by atoms with Gasteiger partial charge in [0.25, 0.3) is 0 Å². The lowest BCUT2D eigenvalue weighted by molar-refractivity contribution is 0.282. The summed E-state index contributed by atoms with van der Waals surface area (Å²) in [5.41, 5.74) is 6.57. The Balaban J connectivity index is 1.58. The van der Waals surface area contributed by atoms with Gasteiger partial charge in [-0.05, 0) is 41.5 Å². The van der Waals surface area contributed by atoms with Crippen LogP contribution in [0.25, 0.3) is 5.70 Å². The van der Waals surface area contributed by atoms with E-state index in [1.54, 1.807) is 0 Å². The van der Waals surface area contributed by atoms with E-state index in [-0.39, 0.29) is 6.61 Å². The molecule has 0 unspecified atom stereocenters. The Morgan fingerprint density at radius 1 is 1.08 bits per heavy atom. The van der Waals surface area contributed by atoms with Gasteiger partial charge in [0, 0.05) is 40.9 Å². The van der Waals surface area contributed by atoms with E-state index in [2.05, 4.69) is 33.5 Å². The first-order valence-electron chi connectivity index (χ1n) is 8.56. The number of rotatable bonds is 5. The minimum absolute atomic E-state index is 0.0589. The molecule has 0 spiro atoms. The highest BCUT2D eigenvalue weighted by Gasteiger charge is 2.19. The van der Waals surface area contributed by atoms with Gasteiger partial charge in [0.05, 0.1) is 18.8 Å². The number of H-pyrrole nitrogens is 1. The first-order valence-corrected chi connectivity index (χ1v) is 8.94. The third kappa shape index (κ3) is 3.47. The van der Waals surface area contributed by atoms with Crippen LogP contribution in [-0.2, 0) is 19.7 Å². The van der Waals surface area contributed by atoms with Crippen molar-refractivity contribution in [2.45, 2.75) is 19.7 Å². The maximum absolute atomic E-state index is 9.23. The third-order valence-electron chi connectivity index (χ3n) is 4.56. The van der Waals surface area contributed by atoms with E-state index in [9.17, 15) is 5.11 Å². The van der Waals surface area contributed by atoms with Crippen molar-refractivity contribution in [3.05, 3.63) is 94.4 Å². The fourth-order valence-corrected chi connectivity index (χ4v) is 3.39. The minimum atomic E-state index is 0.0589. The number of aliphatic hydroxyl groups is 1. The van der Waals surface area contributed by atoms with Crippen molar-refractivity contribution < 1.29 is 5.11 Å². The van der Waals surface area contributed by atoms with Crippen molar-refractivity contribution in [1.82, 2.24) is 10.3 Å². The molecular weight excluding hydrogens is 346 g/mol.